The molecule has 0 saturated heterocycles. The van der Waals surface area contributed by atoms with E-state index in [4.69, 9.17) is 9.84 Å². The van der Waals surface area contributed by atoms with Crippen molar-refractivity contribution in [1.29, 1.82) is 0 Å². The number of carbonyl (C=O) groups excluding carboxylic acids is 2. The van der Waals surface area contributed by atoms with Crippen LogP contribution in [0.2, 0.25) is 0 Å². The maximum atomic E-state index is 12.0. The molecule has 1 aliphatic carbocycles. The van der Waals surface area contributed by atoms with Crippen LogP contribution in [0.3, 0.4) is 0 Å². The number of ether oxygens (including phenoxy) is 1. The van der Waals surface area contributed by atoms with E-state index in [-0.39, 0.29) is 0 Å². The van der Waals surface area contributed by atoms with Crippen molar-refractivity contribution in [2.45, 2.75) is 12.8 Å². The van der Waals surface area contributed by atoms with E-state index in [1.165, 1.54) is 0 Å². The second-order valence-electron chi connectivity index (χ2n) is 5.81. The van der Waals surface area contributed by atoms with E-state index in [9.17, 15) is 14.4 Å². The van der Waals surface area contributed by atoms with E-state index < -0.39 is 39.7 Å². The number of carbonyl (C=O) groups is 3. The van der Waals surface area contributed by atoms with Crippen molar-refractivity contribution in [2.24, 2.45) is 17.8 Å². The number of rotatable bonds is 6. The fourth-order valence-electron chi connectivity index (χ4n) is 2.29. The van der Waals surface area contributed by atoms with Gasteiger partial charge in [-0.05, 0) is 31.6 Å². The van der Waals surface area contributed by atoms with Crippen molar-refractivity contribution in [3.8, 4) is 0 Å². The Morgan fingerprint density at radius 1 is 1.32 bits per heavy atom. The maximum absolute atomic E-state index is 12.0. The van der Waals surface area contributed by atoms with Gasteiger partial charge < -0.3 is 14.6 Å². The molecule has 0 amide bonds. The zero-order valence-corrected chi connectivity index (χ0v) is 12.4. The van der Waals surface area contributed by atoms with Crippen LogP contribution in [0.25, 0.3) is 0 Å². The molecular weight excluding hydrogens is 268 g/mol. The van der Waals surface area contributed by atoms with Gasteiger partial charge in [0.2, 0.25) is 0 Å². The first kappa shape index (κ1) is 16.0. The first-order valence-corrected chi connectivity index (χ1v) is 9.29. The molecule has 5 nitrogen and oxygen atoms in total. The Hall–Kier alpha value is -1.04. The van der Waals surface area contributed by atoms with Crippen LogP contribution in [0.4, 0.5) is 0 Å². The lowest BCUT2D eigenvalue weighted by atomic mass is 9.90. The molecule has 0 aliphatic heterocycles. The molecule has 1 saturated carbocycles. The minimum Gasteiger partial charge on any atom is -0.481 e. The predicted molar refractivity (Wildman–Crippen MR) is 74.6 cm³/mol. The molecule has 1 rings (SSSR count). The first-order chi connectivity index (χ1) is 8.76. The summed E-state index contributed by atoms with van der Waals surface area (Å²) in [5, 5.41) is 9.08. The third kappa shape index (κ3) is 4.53. The third-order valence-corrected chi connectivity index (χ3v) is 4.80. The van der Waals surface area contributed by atoms with Gasteiger partial charge in [-0.1, -0.05) is 0 Å². The smallest absolute Gasteiger partial charge is 0.310 e. The van der Waals surface area contributed by atoms with Crippen LogP contribution in [0.15, 0.2) is 0 Å². The quantitative estimate of drug-likeness (QED) is 0.586. The highest BCUT2D eigenvalue weighted by Gasteiger charge is 2.45. The van der Waals surface area contributed by atoms with Gasteiger partial charge in [0.15, 0.2) is 0 Å². The highest BCUT2D eigenvalue weighted by atomic mass is 32.3. The lowest BCUT2D eigenvalue weighted by Gasteiger charge is -2.25. The van der Waals surface area contributed by atoms with E-state index in [0.717, 1.165) is 5.75 Å². The molecule has 110 valence electrons. The van der Waals surface area contributed by atoms with Crippen molar-refractivity contribution < 1.29 is 24.2 Å². The summed E-state index contributed by atoms with van der Waals surface area (Å²) in [5.41, 5.74) is 0. The first-order valence-electron chi connectivity index (χ1n) is 6.27. The molecule has 1 aliphatic rings. The second kappa shape index (κ2) is 6.41. The number of esters is 1. The van der Waals surface area contributed by atoms with E-state index in [1.54, 1.807) is 0 Å². The largest absolute Gasteiger partial charge is 0.481 e. The van der Waals surface area contributed by atoms with Gasteiger partial charge in [-0.15, -0.1) is 0 Å². The molecule has 1 fully saturated rings. The van der Waals surface area contributed by atoms with Gasteiger partial charge in [-0.3, -0.25) is 9.59 Å². The van der Waals surface area contributed by atoms with Crippen LogP contribution in [0.5, 0.6) is 0 Å². The van der Waals surface area contributed by atoms with E-state index in [2.05, 4.69) is 18.8 Å². The molecule has 0 unspecified atom stereocenters. The SMILES string of the molecule is CS(C)(C)CCOC(=O)[C@H]1[C@H](C=O)CC[C@@H]1C(=O)O. The molecule has 1 N–H and O–H groups in total. The Labute approximate surface area is 115 Å². The minimum atomic E-state index is -1.02. The summed E-state index contributed by atoms with van der Waals surface area (Å²) >= 11 is 0. The standard InChI is InChI=1S/C13H22O5S/c1-19(2,3)7-6-18-13(17)11-9(8-14)4-5-10(11)12(15)16/h8-11H,4-7H2,1-3H3,(H,15,16)/t9-,10-,11-/m0/s1. The summed E-state index contributed by atoms with van der Waals surface area (Å²) in [6, 6.07) is 0. The number of carboxylic acids is 1. The summed E-state index contributed by atoms with van der Waals surface area (Å²) in [4.78, 5) is 34.0. The molecule has 0 aromatic heterocycles. The zero-order valence-electron chi connectivity index (χ0n) is 11.6. The topological polar surface area (TPSA) is 80.7 Å². The van der Waals surface area contributed by atoms with Crippen LogP contribution in [-0.2, 0) is 19.1 Å². The molecule has 0 spiro atoms. The molecular formula is C13H22O5S. The Balaban J connectivity index is 2.61. The van der Waals surface area contributed by atoms with Gasteiger partial charge in [-0.25, -0.2) is 10.0 Å². The second-order valence-corrected chi connectivity index (χ2v) is 10.4. The Morgan fingerprint density at radius 3 is 2.42 bits per heavy atom. The maximum Gasteiger partial charge on any atom is 0.310 e. The highest BCUT2D eigenvalue weighted by Crippen LogP contribution is 2.38. The van der Waals surface area contributed by atoms with Crippen LogP contribution in [-0.4, -0.2) is 54.5 Å². The summed E-state index contributed by atoms with van der Waals surface area (Å²) in [7, 11) is -0.755. The van der Waals surface area contributed by atoms with Gasteiger partial charge in [-0.2, -0.15) is 0 Å². The van der Waals surface area contributed by atoms with Crippen molar-refractivity contribution in [3.05, 3.63) is 0 Å². The monoisotopic (exact) mass is 290 g/mol. The normalized spacial score (nSPS) is 27.8. The van der Waals surface area contributed by atoms with Crippen molar-refractivity contribution >= 4 is 28.3 Å². The lowest BCUT2D eigenvalue weighted by molar-refractivity contribution is -0.157. The van der Waals surface area contributed by atoms with Crippen LogP contribution >= 0.6 is 10.0 Å². The summed E-state index contributed by atoms with van der Waals surface area (Å²) in [6.07, 6.45) is 7.84. The Kier molecular flexibility index (Phi) is 5.40. The van der Waals surface area contributed by atoms with Crippen molar-refractivity contribution in [3.63, 3.8) is 0 Å². The number of aliphatic carboxylic acids is 1. The molecule has 0 aromatic rings. The molecule has 0 heterocycles. The number of aldehydes is 1. The van der Waals surface area contributed by atoms with Gasteiger partial charge in [0.05, 0.1) is 18.4 Å². The van der Waals surface area contributed by atoms with E-state index >= 15 is 0 Å². The number of carboxylic acid groups (broad SMARTS) is 1. The third-order valence-electron chi connectivity index (χ3n) is 3.41. The minimum absolute atomic E-state index is 0.298. The summed E-state index contributed by atoms with van der Waals surface area (Å²) < 4.78 is 5.17. The summed E-state index contributed by atoms with van der Waals surface area (Å²) in [5.74, 6) is -2.89. The number of hydrogen-bond donors (Lipinski definition) is 1. The Morgan fingerprint density at radius 2 is 1.95 bits per heavy atom. The predicted octanol–water partition coefficient (Wildman–Crippen LogP) is 1.15. The van der Waals surface area contributed by atoms with Crippen LogP contribution in [0, 0.1) is 17.8 Å². The Bertz CT molecular complexity index is 361. The molecule has 0 aromatic carbocycles. The molecule has 19 heavy (non-hydrogen) atoms. The van der Waals surface area contributed by atoms with Gasteiger partial charge in [0.25, 0.3) is 0 Å². The molecule has 0 bridgehead atoms. The zero-order chi connectivity index (χ0) is 14.6. The fraction of sp³-hybridized carbons (Fsp3) is 0.769. The van der Waals surface area contributed by atoms with Gasteiger partial charge in [0.1, 0.15) is 6.29 Å². The van der Waals surface area contributed by atoms with Crippen LogP contribution < -0.4 is 0 Å². The van der Waals surface area contributed by atoms with Gasteiger partial charge >= 0.3 is 11.9 Å². The number of hydrogen-bond acceptors (Lipinski definition) is 4. The molecule has 0 radical (unpaired) electrons. The lowest BCUT2D eigenvalue weighted by Crippen LogP contribution is -2.32. The average molecular weight is 290 g/mol. The average Bonchev–Trinajstić information content (AvgIpc) is 2.70. The van der Waals surface area contributed by atoms with Crippen LogP contribution in [0.1, 0.15) is 12.8 Å². The van der Waals surface area contributed by atoms with Crippen molar-refractivity contribution in [2.75, 3.05) is 31.1 Å². The van der Waals surface area contributed by atoms with E-state index in [0.29, 0.717) is 25.7 Å². The highest BCUT2D eigenvalue weighted by molar-refractivity contribution is 8.32. The molecule has 3 atom stereocenters. The fourth-order valence-corrected chi connectivity index (χ4v) is 2.87. The van der Waals surface area contributed by atoms with Crippen molar-refractivity contribution in [1.82, 2.24) is 0 Å². The van der Waals surface area contributed by atoms with E-state index in [1.807, 2.05) is 0 Å². The van der Waals surface area contributed by atoms with Gasteiger partial charge in [0, 0.05) is 11.7 Å². The summed E-state index contributed by atoms with van der Waals surface area (Å²) in [6.45, 7) is 0.298. The molecule has 6 heteroatoms.